The molecule has 224 valence electrons. The van der Waals surface area contributed by atoms with Crippen molar-refractivity contribution in [2.75, 3.05) is 23.4 Å². The third kappa shape index (κ3) is 5.65. The number of fused-ring (bicyclic) bond motifs is 2. The lowest BCUT2D eigenvalue weighted by Crippen LogP contribution is -2.32. The summed E-state index contributed by atoms with van der Waals surface area (Å²) in [6.45, 7) is 3.63. The number of carbonyl (C=O) groups is 4. The van der Waals surface area contributed by atoms with E-state index >= 15 is 0 Å². The van der Waals surface area contributed by atoms with Gasteiger partial charge in [0.25, 0.3) is 5.91 Å². The van der Waals surface area contributed by atoms with Gasteiger partial charge in [0.05, 0.1) is 28.8 Å². The molecule has 2 aliphatic rings. The number of imide groups is 1. The highest BCUT2D eigenvalue weighted by Crippen LogP contribution is 2.53. The zero-order valence-electron chi connectivity index (χ0n) is 23.7. The topological polar surface area (TPSA) is 135 Å². The number of aryl methyl sites for hydroxylation is 1. The molecule has 0 saturated carbocycles. The molecule has 4 aromatic rings. The third-order valence-electron chi connectivity index (χ3n) is 7.38. The number of rotatable bonds is 8. The second-order valence-corrected chi connectivity index (χ2v) is 12.5. The van der Waals surface area contributed by atoms with Gasteiger partial charge in [0, 0.05) is 16.5 Å². The molecule has 1 aromatic heterocycles. The lowest BCUT2D eigenvalue weighted by Gasteiger charge is -2.30. The molecule has 1 saturated heterocycles. The first kappa shape index (κ1) is 29.4. The zero-order valence-corrected chi connectivity index (χ0v) is 25.3. The van der Waals surface area contributed by atoms with Gasteiger partial charge in [0.2, 0.25) is 11.8 Å². The van der Waals surface area contributed by atoms with E-state index in [-0.39, 0.29) is 29.9 Å². The molecule has 3 aromatic carbocycles. The number of thiazole rings is 1. The summed E-state index contributed by atoms with van der Waals surface area (Å²) in [5.74, 6) is -2.41. The zero-order chi connectivity index (χ0) is 31.0. The molecule has 0 bridgehead atoms. The number of amides is 3. The molecular formula is C32H27N3O7S2. The minimum Gasteiger partial charge on any atom is -0.484 e. The van der Waals surface area contributed by atoms with Crippen LogP contribution in [-0.2, 0) is 19.1 Å². The van der Waals surface area contributed by atoms with Gasteiger partial charge in [-0.1, -0.05) is 52.9 Å². The summed E-state index contributed by atoms with van der Waals surface area (Å²) in [4.78, 5) is 68.9. The number of aromatic amines is 1. The van der Waals surface area contributed by atoms with E-state index in [2.05, 4.69) is 10.3 Å². The number of carbonyl (C=O) groups excluding carboxylic acids is 4. The molecule has 3 amide bonds. The van der Waals surface area contributed by atoms with E-state index in [1.165, 1.54) is 16.7 Å². The number of hydrogen-bond donors (Lipinski definition) is 2. The summed E-state index contributed by atoms with van der Waals surface area (Å²) in [7, 11) is 0. The van der Waals surface area contributed by atoms with Gasteiger partial charge in [-0.3, -0.25) is 19.2 Å². The fraction of sp³-hybridized carbons (Fsp3) is 0.219. The van der Waals surface area contributed by atoms with Gasteiger partial charge in [0.15, 0.2) is 6.61 Å². The molecule has 3 atom stereocenters. The molecule has 1 fully saturated rings. The van der Waals surface area contributed by atoms with Crippen molar-refractivity contribution in [3.05, 3.63) is 104 Å². The number of esters is 1. The highest BCUT2D eigenvalue weighted by molar-refractivity contribution is 8.00. The van der Waals surface area contributed by atoms with Gasteiger partial charge in [-0.25, -0.2) is 9.69 Å². The van der Waals surface area contributed by atoms with Crippen LogP contribution >= 0.6 is 23.1 Å². The third-order valence-corrected chi connectivity index (χ3v) is 9.78. The molecule has 0 radical (unpaired) electrons. The minimum absolute atomic E-state index is 0.262. The van der Waals surface area contributed by atoms with Gasteiger partial charge in [-0.15, -0.1) is 0 Å². The van der Waals surface area contributed by atoms with Crippen LogP contribution in [0.15, 0.2) is 82.6 Å². The van der Waals surface area contributed by atoms with Crippen LogP contribution in [0.5, 0.6) is 5.75 Å². The average Bonchev–Trinajstić information content (AvgIpc) is 3.51. The lowest BCUT2D eigenvalue weighted by molar-refractivity contribution is -0.122. The number of ether oxygens (including phenoxy) is 2. The van der Waals surface area contributed by atoms with E-state index in [9.17, 15) is 24.0 Å². The average molecular weight is 630 g/mol. The molecule has 3 heterocycles. The van der Waals surface area contributed by atoms with Crippen LogP contribution in [-0.4, -0.2) is 47.1 Å². The quantitative estimate of drug-likeness (QED) is 0.211. The van der Waals surface area contributed by atoms with Crippen molar-refractivity contribution in [2.45, 2.75) is 30.0 Å². The Labute approximate surface area is 260 Å². The summed E-state index contributed by atoms with van der Waals surface area (Å²) in [5.41, 5.74) is 3.07. The van der Waals surface area contributed by atoms with Crippen LogP contribution in [0.3, 0.4) is 0 Å². The molecule has 0 spiro atoms. The Kier molecular flexibility index (Phi) is 8.11. The number of benzene rings is 3. The smallest absolute Gasteiger partial charge is 0.338 e. The van der Waals surface area contributed by atoms with E-state index in [0.717, 1.165) is 16.9 Å². The van der Waals surface area contributed by atoms with E-state index < -0.39 is 29.0 Å². The van der Waals surface area contributed by atoms with Gasteiger partial charge >= 0.3 is 10.8 Å². The first-order valence-electron chi connectivity index (χ1n) is 13.9. The van der Waals surface area contributed by atoms with E-state index in [0.29, 0.717) is 38.2 Å². The molecule has 0 aliphatic carbocycles. The fourth-order valence-corrected chi connectivity index (χ4v) is 7.89. The second-order valence-electron chi connectivity index (χ2n) is 10.3. The normalized spacial score (nSPS) is 18.9. The minimum atomic E-state index is -0.733. The molecule has 2 aliphatic heterocycles. The predicted octanol–water partition coefficient (Wildman–Crippen LogP) is 4.73. The van der Waals surface area contributed by atoms with Crippen molar-refractivity contribution in [1.82, 2.24) is 4.98 Å². The van der Waals surface area contributed by atoms with Crippen molar-refractivity contribution in [3.8, 4) is 5.75 Å². The highest BCUT2D eigenvalue weighted by atomic mass is 32.2. The Morgan fingerprint density at radius 2 is 1.73 bits per heavy atom. The summed E-state index contributed by atoms with van der Waals surface area (Å²) >= 11 is 2.24. The van der Waals surface area contributed by atoms with Crippen LogP contribution in [0.4, 0.5) is 11.4 Å². The summed E-state index contributed by atoms with van der Waals surface area (Å²) in [6.07, 6.45) is 0. The van der Waals surface area contributed by atoms with Crippen molar-refractivity contribution in [2.24, 2.45) is 5.92 Å². The van der Waals surface area contributed by atoms with Crippen molar-refractivity contribution < 1.29 is 28.7 Å². The summed E-state index contributed by atoms with van der Waals surface area (Å²) in [5, 5.41) is 2.60. The molecule has 44 heavy (non-hydrogen) atoms. The summed E-state index contributed by atoms with van der Waals surface area (Å²) in [6, 6.07) is 20.6. The first-order valence-corrected chi connectivity index (χ1v) is 15.6. The van der Waals surface area contributed by atoms with Crippen LogP contribution in [0.2, 0.25) is 0 Å². The first-order chi connectivity index (χ1) is 21.2. The van der Waals surface area contributed by atoms with Gasteiger partial charge in [-0.2, -0.15) is 0 Å². The molecule has 2 unspecified atom stereocenters. The van der Waals surface area contributed by atoms with Crippen molar-refractivity contribution >= 4 is 58.2 Å². The van der Waals surface area contributed by atoms with Crippen molar-refractivity contribution in [1.29, 1.82) is 0 Å². The number of aromatic nitrogens is 1. The molecule has 6 rings (SSSR count). The summed E-state index contributed by atoms with van der Waals surface area (Å²) < 4.78 is 10.8. The van der Waals surface area contributed by atoms with E-state index in [1.54, 1.807) is 61.5 Å². The Balaban J connectivity index is 1.21. The highest BCUT2D eigenvalue weighted by Gasteiger charge is 2.56. The maximum absolute atomic E-state index is 13.9. The number of nitrogens with one attached hydrogen (secondary N) is 2. The number of hydrogen-bond acceptors (Lipinski definition) is 9. The maximum atomic E-state index is 13.9. The standard InChI is InChI=1S/C32H27N3O7S2/c1-3-41-31(39)18-9-11-20(12-10-18)33-23(36)16-42-22-6-4-5-19(15-22)24-25-27(43-28-26(24)44-32(40)34-28)30(38)35(29(25)37)21-13-7-17(2)8-14-21/h4-15,24-25,27H,3,16H2,1-2H3,(H,33,36)(H,34,40)/t24-,25?,27?/m1/s1. The Morgan fingerprint density at radius 1 is 0.977 bits per heavy atom. The second kappa shape index (κ2) is 12.1. The molecule has 12 heteroatoms. The van der Waals surface area contributed by atoms with Crippen LogP contribution in [0, 0.1) is 12.8 Å². The van der Waals surface area contributed by atoms with Gasteiger partial charge in [-0.05, 0) is 67.9 Å². The Morgan fingerprint density at radius 3 is 2.45 bits per heavy atom. The van der Waals surface area contributed by atoms with Gasteiger partial charge in [0.1, 0.15) is 11.0 Å². The van der Waals surface area contributed by atoms with E-state index in [4.69, 9.17) is 9.47 Å². The predicted molar refractivity (Wildman–Crippen MR) is 167 cm³/mol. The van der Waals surface area contributed by atoms with Crippen LogP contribution < -0.4 is 19.8 Å². The largest absolute Gasteiger partial charge is 0.484 e. The SMILES string of the molecule is CCOC(=O)c1ccc(NC(=O)COc2cccc([C@H]3c4sc(=O)[nH]c4SC4C(=O)N(c5ccc(C)cc5)C(=O)C43)c2)cc1. The number of anilines is 2. The molecule has 10 nitrogen and oxygen atoms in total. The molecular weight excluding hydrogens is 603 g/mol. The van der Waals surface area contributed by atoms with Gasteiger partial charge < -0.3 is 19.8 Å². The van der Waals surface area contributed by atoms with Crippen LogP contribution in [0.25, 0.3) is 0 Å². The Bertz CT molecular complexity index is 1810. The maximum Gasteiger partial charge on any atom is 0.338 e. The van der Waals surface area contributed by atoms with Crippen LogP contribution in [0.1, 0.15) is 39.2 Å². The number of thioether (sulfide) groups is 1. The number of H-pyrrole nitrogens is 1. The monoisotopic (exact) mass is 629 g/mol. The van der Waals surface area contributed by atoms with Crippen molar-refractivity contribution in [3.63, 3.8) is 0 Å². The van der Waals surface area contributed by atoms with E-state index in [1.807, 2.05) is 25.1 Å². The number of nitrogens with zero attached hydrogens (tertiary/aromatic N) is 1. The molecule has 2 N–H and O–H groups in total. The fourth-order valence-electron chi connectivity index (χ4n) is 5.37. The lowest BCUT2D eigenvalue weighted by atomic mass is 9.83. The Hall–Kier alpha value is -4.68.